The van der Waals surface area contributed by atoms with Gasteiger partial charge in [0.25, 0.3) is 0 Å². The minimum atomic E-state index is -4.46. The van der Waals surface area contributed by atoms with Gasteiger partial charge in [-0.1, -0.05) is 0 Å². The van der Waals surface area contributed by atoms with E-state index in [-0.39, 0.29) is 4.73 Å². The van der Waals surface area contributed by atoms with E-state index in [4.69, 9.17) is 0 Å². The summed E-state index contributed by atoms with van der Waals surface area (Å²) in [5.41, 5.74) is -1.06. The Labute approximate surface area is 67.8 Å². The van der Waals surface area contributed by atoms with Crippen LogP contribution in [-0.4, -0.2) is 15.2 Å². The summed E-state index contributed by atoms with van der Waals surface area (Å²) >= 11 is 2.67. The third-order valence-corrected chi connectivity index (χ3v) is 1.16. The van der Waals surface area contributed by atoms with E-state index in [1.165, 1.54) is 0 Å². The molecule has 1 aromatic rings. The molecular formula is C4HBrF3N3. The minimum absolute atomic E-state index is 0.174. The number of rotatable bonds is 0. The lowest BCUT2D eigenvalue weighted by molar-refractivity contribution is -0.141. The van der Waals surface area contributed by atoms with Gasteiger partial charge in [-0.15, -0.1) is 5.10 Å². The summed E-state index contributed by atoms with van der Waals surface area (Å²) in [5, 5.41) is 6.28. The summed E-state index contributed by atoms with van der Waals surface area (Å²) in [6.07, 6.45) is -3.90. The first kappa shape index (κ1) is 8.38. The van der Waals surface area contributed by atoms with Crippen LogP contribution in [0.3, 0.4) is 0 Å². The maximum Gasteiger partial charge on any atom is 0.435 e. The average molecular weight is 228 g/mol. The topological polar surface area (TPSA) is 38.7 Å². The van der Waals surface area contributed by atoms with Crippen LogP contribution in [0.25, 0.3) is 0 Å². The smallest absolute Gasteiger partial charge is 0.214 e. The van der Waals surface area contributed by atoms with Crippen LogP contribution in [0, 0.1) is 0 Å². The largest absolute Gasteiger partial charge is 0.435 e. The molecule has 3 nitrogen and oxygen atoms in total. The van der Waals surface area contributed by atoms with Gasteiger partial charge in [-0.3, -0.25) is 0 Å². The lowest BCUT2D eigenvalue weighted by Crippen LogP contribution is -2.09. The number of halogens is 4. The first-order valence-electron chi connectivity index (χ1n) is 2.42. The highest BCUT2D eigenvalue weighted by Gasteiger charge is 2.33. The number of hydrogen-bond donors (Lipinski definition) is 0. The van der Waals surface area contributed by atoms with Gasteiger partial charge in [-0.25, -0.2) is 4.98 Å². The summed E-state index contributed by atoms with van der Waals surface area (Å²) in [7, 11) is 0. The van der Waals surface area contributed by atoms with E-state index in [1.807, 2.05) is 0 Å². The standard InChI is InChI=1S/C4HBrF3N3/c5-3-10-2(1-9-11-3)4(6,7)8/h1H. The van der Waals surface area contributed by atoms with Crippen molar-refractivity contribution in [3.8, 4) is 0 Å². The normalized spacial score (nSPS) is 11.6. The fourth-order valence-electron chi connectivity index (χ4n) is 0.418. The lowest BCUT2D eigenvalue weighted by atomic mass is 10.5. The van der Waals surface area contributed by atoms with Crippen molar-refractivity contribution in [3.05, 3.63) is 16.6 Å². The minimum Gasteiger partial charge on any atom is -0.214 e. The van der Waals surface area contributed by atoms with Crippen molar-refractivity contribution in [2.45, 2.75) is 6.18 Å². The van der Waals surface area contributed by atoms with E-state index in [2.05, 4.69) is 31.1 Å². The molecule has 0 bridgehead atoms. The molecule has 60 valence electrons. The van der Waals surface area contributed by atoms with Gasteiger partial charge in [-0.05, 0) is 15.9 Å². The Balaban J connectivity index is 3.06. The van der Waals surface area contributed by atoms with Gasteiger partial charge in [0.05, 0.1) is 6.20 Å². The zero-order chi connectivity index (χ0) is 8.48. The molecule has 0 unspecified atom stereocenters. The van der Waals surface area contributed by atoms with E-state index >= 15 is 0 Å². The number of alkyl halides is 3. The van der Waals surface area contributed by atoms with Crippen LogP contribution in [0.4, 0.5) is 13.2 Å². The first-order chi connectivity index (χ1) is 5.00. The number of nitrogens with zero attached hydrogens (tertiary/aromatic N) is 3. The van der Waals surface area contributed by atoms with Gasteiger partial charge in [0.2, 0.25) is 4.73 Å². The van der Waals surface area contributed by atoms with Crippen molar-refractivity contribution in [1.82, 2.24) is 15.2 Å². The van der Waals surface area contributed by atoms with Gasteiger partial charge in [-0.2, -0.15) is 18.3 Å². The molecule has 0 N–H and O–H groups in total. The maximum atomic E-state index is 11.8. The van der Waals surface area contributed by atoms with E-state index in [0.29, 0.717) is 6.20 Å². The van der Waals surface area contributed by atoms with Gasteiger partial charge in [0.15, 0.2) is 5.69 Å². The van der Waals surface area contributed by atoms with Crippen molar-refractivity contribution in [3.63, 3.8) is 0 Å². The Morgan fingerprint density at radius 2 is 2.00 bits per heavy atom. The highest BCUT2D eigenvalue weighted by molar-refractivity contribution is 9.10. The molecule has 1 aromatic heterocycles. The maximum absolute atomic E-state index is 11.8. The van der Waals surface area contributed by atoms with Crippen molar-refractivity contribution < 1.29 is 13.2 Å². The van der Waals surface area contributed by atoms with E-state index < -0.39 is 11.9 Å². The Kier molecular flexibility index (Phi) is 2.08. The zero-order valence-electron chi connectivity index (χ0n) is 4.93. The Morgan fingerprint density at radius 1 is 1.36 bits per heavy atom. The van der Waals surface area contributed by atoms with Crippen LogP contribution in [0.1, 0.15) is 5.69 Å². The van der Waals surface area contributed by atoms with Crippen molar-refractivity contribution in [2.75, 3.05) is 0 Å². The predicted octanol–water partition coefficient (Wildman–Crippen LogP) is 1.65. The van der Waals surface area contributed by atoms with E-state index in [0.717, 1.165) is 0 Å². The molecule has 0 saturated heterocycles. The SMILES string of the molecule is FC(F)(F)c1cnnc(Br)n1. The molecule has 0 aliphatic rings. The van der Waals surface area contributed by atoms with Crippen LogP contribution in [0.15, 0.2) is 10.9 Å². The molecule has 1 heterocycles. The van der Waals surface area contributed by atoms with Crippen LogP contribution >= 0.6 is 15.9 Å². The number of aromatic nitrogens is 3. The van der Waals surface area contributed by atoms with Gasteiger partial charge < -0.3 is 0 Å². The monoisotopic (exact) mass is 227 g/mol. The molecule has 1 rings (SSSR count). The number of hydrogen-bond acceptors (Lipinski definition) is 3. The van der Waals surface area contributed by atoms with Gasteiger partial charge in [0.1, 0.15) is 0 Å². The van der Waals surface area contributed by atoms with Crippen molar-refractivity contribution >= 4 is 15.9 Å². The first-order valence-corrected chi connectivity index (χ1v) is 3.22. The van der Waals surface area contributed by atoms with Gasteiger partial charge in [0, 0.05) is 0 Å². The Morgan fingerprint density at radius 3 is 2.36 bits per heavy atom. The average Bonchev–Trinajstić information content (AvgIpc) is 1.86. The molecule has 0 radical (unpaired) electrons. The third kappa shape index (κ3) is 2.11. The van der Waals surface area contributed by atoms with Crippen LogP contribution < -0.4 is 0 Å². The summed E-state index contributed by atoms with van der Waals surface area (Å²) in [6, 6.07) is 0. The third-order valence-electron chi connectivity index (χ3n) is 0.823. The summed E-state index contributed by atoms with van der Waals surface area (Å²) in [6.45, 7) is 0. The molecule has 0 aliphatic carbocycles. The van der Waals surface area contributed by atoms with Crippen molar-refractivity contribution in [2.24, 2.45) is 0 Å². The fourth-order valence-corrected chi connectivity index (χ4v) is 0.701. The summed E-state index contributed by atoms with van der Waals surface area (Å²) < 4.78 is 35.3. The zero-order valence-corrected chi connectivity index (χ0v) is 6.52. The molecule has 0 spiro atoms. The van der Waals surface area contributed by atoms with Gasteiger partial charge >= 0.3 is 6.18 Å². The van der Waals surface area contributed by atoms with Crippen LogP contribution in [0.5, 0.6) is 0 Å². The Hall–Kier alpha value is -0.720. The molecule has 0 saturated carbocycles. The molecular weight excluding hydrogens is 227 g/mol. The highest BCUT2D eigenvalue weighted by atomic mass is 79.9. The van der Waals surface area contributed by atoms with E-state index in [9.17, 15) is 13.2 Å². The van der Waals surface area contributed by atoms with Crippen molar-refractivity contribution in [1.29, 1.82) is 0 Å². The van der Waals surface area contributed by atoms with E-state index in [1.54, 1.807) is 0 Å². The molecule has 0 fully saturated rings. The summed E-state index contributed by atoms with van der Waals surface area (Å²) in [5.74, 6) is 0. The molecule has 0 amide bonds. The highest BCUT2D eigenvalue weighted by Crippen LogP contribution is 2.26. The quantitative estimate of drug-likeness (QED) is 0.677. The second-order valence-electron chi connectivity index (χ2n) is 1.61. The lowest BCUT2D eigenvalue weighted by Gasteiger charge is -2.02. The molecule has 0 aromatic carbocycles. The molecule has 11 heavy (non-hydrogen) atoms. The Bertz CT molecular complexity index is 261. The molecule has 7 heteroatoms. The fraction of sp³-hybridized carbons (Fsp3) is 0.250. The summed E-state index contributed by atoms with van der Waals surface area (Å²) in [4.78, 5) is 3.06. The molecule has 0 aliphatic heterocycles. The second kappa shape index (κ2) is 2.72. The van der Waals surface area contributed by atoms with Crippen LogP contribution in [-0.2, 0) is 6.18 Å². The van der Waals surface area contributed by atoms with Crippen LogP contribution in [0.2, 0.25) is 0 Å². The second-order valence-corrected chi connectivity index (χ2v) is 2.32. The predicted molar refractivity (Wildman–Crippen MR) is 32.5 cm³/mol. The molecule has 0 atom stereocenters.